The fraction of sp³-hybridized carbons (Fsp3) is 0.727. The first-order chi connectivity index (χ1) is 5.97. The third-order valence-corrected chi connectivity index (χ3v) is 2.76. The van der Waals surface area contributed by atoms with E-state index in [0.29, 0.717) is 0 Å². The van der Waals surface area contributed by atoms with Crippen LogP contribution in [0.4, 0.5) is 0 Å². The van der Waals surface area contributed by atoms with E-state index < -0.39 is 0 Å². The van der Waals surface area contributed by atoms with E-state index in [1.165, 1.54) is 12.5 Å². The van der Waals surface area contributed by atoms with Crippen LogP contribution in [0.25, 0.3) is 0 Å². The minimum absolute atomic E-state index is 0.00463. The lowest BCUT2D eigenvalue weighted by atomic mass is 9.88. The van der Waals surface area contributed by atoms with Gasteiger partial charge in [-0.05, 0) is 25.3 Å². The molecule has 0 N–H and O–H groups in total. The fourth-order valence-corrected chi connectivity index (χ4v) is 1.93. The van der Waals surface area contributed by atoms with Crippen molar-refractivity contribution in [3.05, 3.63) is 11.6 Å². The highest BCUT2D eigenvalue weighted by Gasteiger charge is 2.40. The maximum atomic E-state index is 10.9. The van der Waals surface area contributed by atoms with Crippen molar-refractivity contribution in [1.29, 1.82) is 0 Å². The van der Waals surface area contributed by atoms with Crippen LogP contribution in [0.15, 0.2) is 11.6 Å². The number of rotatable bonds is 1. The Labute approximate surface area is 80.0 Å². The second-order valence-electron chi connectivity index (χ2n) is 4.34. The van der Waals surface area contributed by atoms with Crippen molar-refractivity contribution in [1.82, 2.24) is 0 Å². The molecule has 0 aromatic rings. The van der Waals surface area contributed by atoms with Gasteiger partial charge in [-0.2, -0.15) is 0 Å². The molecule has 0 aromatic carbocycles. The van der Waals surface area contributed by atoms with E-state index in [-0.39, 0.29) is 17.5 Å². The zero-order valence-corrected chi connectivity index (χ0v) is 8.89. The number of esters is 1. The van der Waals surface area contributed by atoms with Crippen molar-refractivity contribution < 1.29 is 9.53 Å². The summed E-state index contributed by atoms with van der Waals surface area (Å²) < 4.78 is 5.32. The molecule has 1 atom stereocenters. The molecule has 1 aliphatic rings. The molecule has 2 heteroatoms. The summed E-state index contributed by atoms with van der Waals surface area (Å²) in [5.74, 6) is -0.181. The summed E-state index contributed by atoms with van der Waals surface area (Å²) in [6.45, 7) is 7.78. The van der Waals surface area contributed by atoms with Crippen LogP contribution < -0.4 is 0 Å². The van der Waals surface area contributed by atoms with Gasteiger partial charge in [0.15, 0.2) is 0 Å². The maximum Gasteiger partial charge on any atom is 0.303 e. The van der Waals surface area contributed by atoms with Gasteiger partial charge in [-0.25, -0.2) is 0 Å². The van der Waals surface area contributed by atoms with Crippen molar-refractivity contribution in [3.8, 4) is 0 Å². The summed E-state index contributed by atoms with van der Waals surface area (Å²) in [6, 6.07) is 0. The molecular formula is C11H18O2. The second kappa shape index (κ2) is 3.52. The van der Waals surface area contributed by atoms with Gasteiger partial charge in [0.05, 0.1) is 0 Å². The molecule has 1 fully saturated rings. The molecule has 2 nitrogen and oxygen atoms in total. The van der Waals surface area contributed by atoms with Gasteiger partial charge >= 0.3 is 5.97 Å². The molecule has 74 valence electrons. The molecule has 13 heavy (non-hydrogen) atoms. The van der Waals surface area contributed by atoms with Gasteiger partial charge in [-0.15, -0.1) is 0 Å². The van der Waals surface area contributed by atoms with Gasteiger partial charge in [0.25, 0.3) is 0 Å². The van der Waals surface area contributed by atoms with Crippen molar-refractivity contribution in [2.45, 2.75) is 46.6 Å². The molecule has 0 spiro atoms. The van der Waals surface area contributed by atoms with Crippen LogP contribution in [0.3, 0.4) is 0 Å². The summed E-state index contributed by atoms with van der Waals surface area (Å²) in [5.41, 5.74) is 1.37. The lowest BCUT2D eigenvalue weighted by Gasteiger charge is -2.26. The molecule has 0 saturated heterocycles. The van der Waals surface area contributed by atoms with Gasteiger partial charge in [0.1, 0.15) is 6.10 Å². The van der Waals surface area contributed by atoms with E-state index in [2.05, 4.69) is 19.9 Å². The molecule has 0 bridgehead atoms. The predicted molar refractivity (Wildman–Crippen MR) is 52.3 cm³/mol. The van der Waals surface area contributed by atoms with E-state index in [4.69, 9.17) is 4.74 Å². The fourth-order valence-electron chi connectivity index (χ4n) is 1.93. The van der Waals surface area contributed by atoms with Crippen LogP contribution in [0.1, 0.15) is 40.5 Å². The third-order valence-electron chi connectivity index (χ3n) is 2.76. The standard InChI is InChI=1S/C11H18O2/c1-5-9-6-7-11(3,4)10(9)13-8(2)12/h5,10H,6-7H2,1-4H3/b9-5+. The highest BCUT2D eigenvalue weighted by atomic mass is 16.5. The van der Waals surface area contributed by atoms with Gasteiger partial charge < -0.3 is 4.74 Å². The van der Waals surface area contributed by atoms with Crippen LogP contribution >= 0.6 is 0 Å². The molecule has 1 rings (SSSR count). The van der Waals surface area contributed by atoms with E-state index in [1.54, 1.807) is 0 Å². The average Bonchev–Trinajstić information content (AvgIpc) is 2.27. The highest BCUT2D eigenvalue weighted by molar-refractivity contribution is 5.66. The van der Waals surface area contributed by atoms with E-state index in [1.807, 2.05) is 6.92 Å². The Morgan fingerprint density at radius 3 is 2.69 bits per heavy atom. The molecule has 1 unspecified atom stereocenters. The molecule has 1 saturated carbocycles. The van der Waals surface area contributed by atoms with Gasteiger partial charge in [0, 0.05) is 12.3 Å². The number of carbonyl (C=O) groups is 1. The quantitative estimate of drug-likeness (QED) is 0.460. The van der Waals surface area contributed by atoms with E-state index in [9.17, 15) is 4.79 Å². The number of carbonyl (C=O) groups excluding carboxylic acids is 1. The zero-order chi connectivity index (χ0) is 10.1. The summed E-state index contributed by atoms with van der Waals surface area (Å²) in [5, 5.41) is 0. The third kappa shape index (κ3) is 2.11. The maximum absolute atomic E-state index is 10.9. The molecule has 0 aliphatic heterocycles. The smallest absolute Gasteiger partial charge is 0.303 e. The van der Waals surface area contributed by atoms with Gasteiger partial charge in [-0.1, -0.05) is 19.9 Å². The lowest BCUT2D eigenvalue weighted by molar-refractivity contribution is -0.148. The Bertz CT molecular complexity index is 238. The Morgan fingerprint density at radius 1 is 1.62 bits per heavy atom. The second-order valence-corrected chi connectivity index (χ2v) is 4.34. The number of ether oxygens (including phenoxy) is 1. The molecule has 0 radical (unpaired) electrons. The first-order valence-corrected chi connectivity index (χ1v) is 4.79. The summed E-state index contributed by atoms with van der Waals surface area (Å²) >= 11 is 0. The van der Waals surface area contributed by atoms with E-state index >= 15 is 0 Å². The first-order valence-electron chi connectivity index (χ1n) is 4.79. The zero-order valence-electron chi connectivity index (χ0n) is 8.89. The molecule has 1 aliphatic carbocycles. The molecule has 0 amide bonds. The van der Waals surface area contributed by atoms with Gasteiger partial charge in [0.2, 0.25) is 0 Å². The van der Waals surface area contributed by atoms with E-state index in [0.717, 1.165) is 12.8 Å². The normalized spacial score (nSPS) is 29.2. The average molecular weight is 182 g/mol. The summed E-state index contributed by atoms with van der Waals surface area (Å²) in [4.78, 5) is 10.9. The minimum Gasteiger partial charge on any atom is -0.457 e. The van der Waals surface area contributed by atoms with Crippen LogP contribution in [0.5, 0.6) is 0 Å². The summed E-state index contributed by atoms with van der Waals surface area (Å²) in [7, 11) is 0. The van der Waals surface area contributed by atoms with Crippen molar-refractivity contribution in [3.63, 3.8) is 0 Å². The molecular weight excluding hydrogens is 164 g/mol. The Kier molecular flexibility index (Phi) is 2.79. The highest BCUT2D eigenvalue weighted by Crippen LogP contribution is 2.42. The lowest BCUT2D eigenvalue weighted by Crippen LogP contribution is -2.29. The van der Waals surface area contributed by atoms with Crippen LogP contribution in [-0.2, 0) is 9.53 Å². The van der Waals surface area contributed by atoms with Crippen molar-refractivity contribution >= 4 is 5.97 Å². The largest absolute Gasteiger partial charge is 0.457 e. The van der Waals surface area contributed by atoms with Crippen LogP contribution in [0, 0.1) is 5.41 Å². The van der Waals surface area contributed by atoms with Crippen molar-refractivity contribution in [2.24, 2.45) is 5.41 Å². The SMILES string of the molecule is C/C=C1\CCC(C)(C)C1OC(C)=O. The Morgan fingerprint density at radius 2 is 2.23 bits per heavy atom. The van der Waals surface area contributed by atoms with Crippen LogP contribution in [-0.4, -0.2) is 12.1 Å². The predicted octanol–water partition coefficient (Wildman–Crippen LogP) is 2.68. The topological polar surface area (TPSA) is 26.3 Å². The molecule has 0 aromatic heterocycles. The first kappa shape index (κ1) is 10.3. The summed E-state index contributed by atoms with van der Waals surface area (Å²) in [6.07, 6.45) is 4.23. The van der Waals surface area contributed by atoms with Gasteiger partial charge in [-0.3, -0.25) is 4.79 Å². The number of allylic oxidation sites excluding steroid dienone is 1. The number of hydrogen-bond acceptors (Lipinski definition) is 2. The van der Waals surface area contributed by atoms with Crippen molar-refractivity contribution in [2.75, 3.05) is 0 Å². The van der Waals surface area contributed by atoms with Crippen LogP contribution in [0.2, 0.25) is 0 Å². The Hall–Kier alpha value is -0.790. The number of hydrogen-bond donors (Lipinski definition) is 0. The minimum atomic E-state index is -0.181. The Balaban J connectivity index is 2.81. The monoisotopic (exact) mass is 182 g/mol. The molecule has 0 heterocycles.